The number of hydrazine groups is 1. The summed E-state index contributed by atoms with van der Waals surface area (Å²) < 4.78 is 5.35. The number of aryl methyl sites for hydroxylation is 1. The molecule has 0 saturated heterocycles. The van der Waals surface area contributed by atoms with Crippen LogP contribution < -0.4 is 15.6 Å². The lowest BCUT2D eigenvalue weighted by Gasteiger charge is -2.30. The molecule has 0 spiro atoms. The summed E-state index contributed by atoms with van der Waals surface area (Å²) in [5, 5.41) is -0.433. The summed E-state index contributed by atoms with van der Waals surface area (Å²) in [5.41, 5.74) is 10.3. The molecule has 1 aliphatic rings. The third kappa shape index (κ3) is 7.18. The zero-order valence-corrected chi connectivity index (χ0v) is 21.1. The van der Waals surface area contributed by atoms with Gasteiger partial charge in [-0.3, -0.25) is 15.0 Å². The number of benzene rings is 2. The van der Waals surface area contributed by atoms with E-state index in [-0.39, 0.29) is 11.9 Å². The molecule has 1 fully saturated rings. The number of hydrogen-bond acceptors (Lipinski definition) is 4. The van der Waals surface area contributed by atoms with Gasteiger partial charge in [0, 0.05) is 22.7 Å². The van der Waals surface area contributed by atoms with E-state index in [9.17, 15) is 9.59 Å². The van der Waals surface area contributed by atoms with Crippen LogP contribution in [0.5, 0.6) is 5.75 Å². The summed E-state index contributed by atoms with van der Waals surface area (Å²) >= 11 is 5.66. The van der Waals surface area contributed by atoms with Crippen LogP contribution in [0.1, 0.15) is 75.9 Å². The van der Waals surface area contributed by atoms with Crippen LogP contribution in [0.25, 0.3) is 0 Å². The van der Waals surface area contributed by atoms with Gasteiger partial charge in [0.05, 0.1) is 7.11 Å². The van der Waals surface area contributed by atoms with E-state index in [0.717, 1.165) is 29.5 Å². The number of allylic oxidation sites excluding steroid dienone is 1. The minimum absolute atomic E-state index is 0.153. The standard InChI is InChI=1S/C28H35ClN2O3/c1-19-16-21(18-23(17-19)27(29)32)10-7-8-14-25(22-11-5-4-6-12-22)30-31-28(33)24-13-9-15-26(34-3)20(24)2/h7-9,13,15-18,22,25,30H,4-6,10-12,14H2,1-3H3,(H,31,33)/b8-7+/t25-/m1/s1. The molecule has 182 valence electrons. The van der Waals surface area contributed by atoms with Crippen molar-refractivity contribution in [1.29, 1.82) is 0 Å². The molecule has 3 rings (SSSR count). The summed E-state index contributed by atoms with van der Waals surface area (Å²) in [6, 6.07) is 11.4. The lowest BCUT2D eigenvalue weighted by atomic mass is 9.83. The minimum Gasteiger partial charge on any atom is -0.496 e. The van der Waals surface area contributed by atoms with Gasteiger partial charge in [-0.05, 0) is 86.9 Å². The zero-order valence-electron chi connectivity index (χ0n) is 20.3. The number of hydrogen-bond donors (Lipinski definition) is 2. The molecule has 1 saturated carbocycles. The monoisotopic (exact) mass is 482 g/mol. The molecule has 0 bridgehead atoms. The highest BCUT2D eigenvalue weighted by atomic mass is 35.5. The molecular formula is C28H35ClN2O3. The average molecular weight is 483 g/mol. The number of amides is 1. The molecule has 1 atom stereocenters. The average Bonchev–Trinajstić information content (AvgIpc) is 2.83. The van der Waals surface area contributed by atoms with Crippen molar-refractivity contribution in [3.8, 4) is 5.75 Å². The molecule has 2 aromatic rings. The van der Waals surface area contributed by atoms with Crippen LogP contribution in [0.3, 0.4) is 0 Å². The predicted octanol–water partition coefficient (Wildman–Crippen LogP) is 6.06. The minimum atomic E-state index is -0.433. The van der Waals surface area contributed by atoms with Crippen LogP contribution in [-0.2, 0) is 6.42 Å². The van der Waals surface area contributed by atoms with Gasteiger partial charge in [0.1, 0.15) is 5.75 Å². The van der Waals surface area contributed by atoms with Gasteiger partial charge in [-0.15, -0.1) is 0 Å². The van der Waals surface area contributed by atoms with Crippen LogP contribution in [-0.4, -0.2) is 24.3 Å². The van der Waals surface area contributed by atoms with Gasteiger partial charge >= 0.3 is 0 Å². The molecule has 1 amide bonds. The summed E-state index contributed by atoms with van der Waals surface area (Å²) in [4.78, 5) is 24.4. The third-order valence-corrected chi connectivity index (χ3v) is 6.83. The van der Waals surface area contributed by atoms with E-state index in [2.05, 4.69) is 29.1 Å². The van der Waals surface area contributed by atoms with Gasteiger partial charge < -0.3 is 4.74 Å². The van der Waals surface area contributed by atoms with E-state index < -0.39 is 5.24 Å². The van der Waals surface area contributed by atoms with Gasteiger partial charge in [0.2, 0.25) is 0 Å². The van der Waals surface area contributed by atoms with Crippen LogP contribution >= 0.6 is 11.6 Å². The Hall–Kier alpha value is -2.63. The maximum absolute atomic E-state index is 12.9. The molecule has 2 N–H and O–H groups in total. The molecule has 2 aromatic carbocycles. The first-order valence-corrected chi connectivity index (χ1v) is 12.4. The SMILES string of the molecule is COc1cccc(C(=O)NN[C@H](C/C=C/Cc2cc(C)cc(C(=O)Cl)c2)C2CCCCC2)c1C. The Kier molecular flexibility index (Phi) is 9.73. The van der Waals surface area contributed by atoms with Gasteiger partial charge in [0.25, 0.3) is 11.1 Å². The quantitative estimate of drug-likeness (QED) is 0.245. The van der Waals surface area contributed by atoms with E-state index in [1.165, 1.54) is 32.1 Å². The molecule has 6 heteroatoms. The Morgan fingerprint density at radius 1 is 1.12 bits per heavy atom. The van der Waals surface area contributed by atoms with Crippen molar-refractivity contribution in [1.82, 2.24) is 10.9 Å². The normalized spacial score (nSPS) is 15.3. The number of halogens is 1. The van der Waals surface area contributed by atoms with E-state index >= 15 is 0 Å². The van der Waals surface area contributed by atoms with Crippen LogP contribution in [0.4, 0.5) is 0 Å². The van der Waals surface area contributed by atoms with Gasteiger partial charge in [0.15, 0.2) is 0 Å². The highest BCUT2D eigenvalue weighted by molar-refractivity contribution is 6.67. The lowest BCUT2D eigenvalue weighted by Crippen LogP contribution is -2.48. The fourth-order valence-electron chi connectivity index (χ4n) is 4.77. The smallest absolute Gasteiger partial charge is 0.265 e. The Labute approximate surface area is 207 Å². The van der Waals surface area contributed by atoms with Crippen molar-refractivity contribution in [2.24, 2.45) is 5.92 Å². The largest absolute Gasteiger partial charge is 0.496 e. The predicted molar refractivity (Wildman–Crippen MR) is 138 cm³/mol. The number of nitrogens with one attached hydrogen (secondary N) is 2. The fourth-order valence-corrected chi connectivity index (χ4v) is 4.88. The first-order chi connectivity index (χ1) is 16.4. The number of ether oxygens (including phenoxy) is 1. The summed E-state index contributed by atoms with van der Waals surface area (Å²) in [5.74, 6) is 1.07. The maximum atomic E-state index is 12.9. The Bertz CT molecular complexity index is 1030. The second-order valence-electron chi connectivity index (χ2n) is 9.13. The summed E-state index contributed by atoms with van der Waals surface area (Å²) in [6.45, 7) is 3.86. The third-order valence-electron chi connectivity index (χ3n) is 6.61. The van der Waals surface area contributed by atoms with Crippen molar-refractivity contribution >= 4 is 22.8 Å². The van der Waals surface area contributed by atoms with E-state index in [1.54, 1.807) is 13.2 Å². The van der Waals surface area contributed by atoms with Crippen molar-refractivity contribution < 1.29 is 14.3 Å². The van der Waals surface area contributed by atoms with E-state index in [0.29, 0.717) is 22.8 Å². The van der Waals surface area contributed by atoms with Crippen molar-refractivity contribution in [2.75, 3.05) is 7.11 Å². The molecule has 0 heterocycles. The Morgan fingerprint density at radius 2 is 1.88 bits per heavy atom. The van der Waals surface area contributed by atoms with Crippen molar-refractivity contribution in [3.63, 3.8) is 0 Å². The van der Waals surface area contributed by atoms with Crippen molar-refractivity contribution in [2.45, 2.75) is 64.8 Å². The van der Waals surface area contributed by atoms with Crippen molar-refractivity contribution in [3.05, 3.63) is 76.4 Å². The molecule has 34 heavy (non-hydrogen) atoms. The topological polar surface area (TPSA) is 67.4 Å². The summed E-state index contributed by atoms with van der Waals surface area (Å²) in [6.07, 6.45) is 11.9. The Balaban J connectivity index is 1.63. The Morgan fingerprint density at radius 3 is 2.59 bits per heavy atom. The second kappa shape index (κ2) is 12.7. The van der Waals surface area contributed by atoms with Crippen LogP contribution in [0.2, 0.25) is 0 Å². The van der Waals surface area contributed by atoms with Gasteiger partial charge in [-0.2, -0.15) is 0 Å². The molecular weight excluding hydrogens is 448 g/mol. The first kappa shape index (κ1) is 26.0. The van der Waals surface area contributed by atoms with Crippen LogP contribution in [0.15, 0.2) is 48.6 Å². The van der Waals surface area contributed by atoms with Crippen LogP contribution in [0, 0.1) is 19.8 Å². The molecule has 1 aliphatic carbocycles. The highest BCUT2D eigenvalue weighted by Gasteiger charge is 2.23. The highest BCUT2D eigenvalue weighted by Crippen LogP contribution is 2.28. The number of carbonyl (C=O) groups excluding carboxylic acids is 2. The first-order valence-electron chi connectivity index (χ1n) is 12.0. The zero-order chi connectivity index (χ0) is 24.5. The second-order valence-corrected chi connectivity index (χ2v) is 9.47. The van der Waals surface area contributed by atoms with E-state index in [4.69, 9.17) is 16.3 Å². The molecule has 0 aromatic heterocycles. The number of methoxy groups -OCH3 is 1. The lowest BCUT2D eigenvalue weighted by molar-refractivity contribution is 0.0911. The molecule has 0 aliphatic heterocycles. The molecule has 0 radical (unpaired) electrons. The fraction of sp³-hybridized carbons (Fsp3) is 0.429. The number of rotatable bonds is 10. The maximum Gasteiger partial charge on any atom is 0.265 e. The van der Waals surface area contributed by atoms with E-state index in [1.807, 2.05) is 38.1 Å². The van der Waals surface area contributed by atoms with Gasteiger partial charge in [-0.1, -0.05) is 49.1 Å². The molecule has 0 unspecified atom stereocenters. The summed E-state index contributed by atoms with van der Waals surface area (Å²) in [7, 11) is 1.61. The molecule has 5 nitrogen and oxygen atoms in total. The number of carbonyl (C=O) groups is 2. The van der Waals surface area contributed by atoms with Gasteiger partial charge in [-0.25, -0.2) is 5.43 Å².